The highest BCUT2D eigenvalue weighted by Crippen LogP contribution is 2.19. The Morgan fingerprint density at radius 1 is 1.34 bits per heavy atom. The molecule has 1 saturated heterocycles. The highest BCUT2D eigenvalue weighted by molar-refractivity contribution is 14.0. The third-order valence-electron chi connectivity index (χ3n) is 4.78. The molecule has 0 bridgehead atoms. The maximum absolute atomic E-state index is 11.9. The van der Waals surface area contributed by atoms with Crippen molar-refractivity contribution in [3.63, 3.8) is 0 Å². The third-order valence-corrected chi connectivity index (χ3v) is 4.78. The molecule has 0 radical (unpaired) electrons. The molecule has 1 aromatic carbocycles. The van der Waals surface area contributed by atoms with Crippen LogP contribution < -0.4 is 5.32 Å². The summed E-state index contributed by atoms with van der Waals surface area (Å²) in [6, 6.07) is 8.13. The van der Waals surface area contributed by atoms with Crippen molar-refractivity contribution in [3.05, 3.63) is 36.2 Å². The van der Waals surface area contributed by atoms with E-state index in [1.807, 2.05) is 19.1 Å². The van der Waals surface area contributed by atoms with Crippen LogP contribution in [0, 0.1) is 5.92 Å². The van der Waals surface area contributed by atoms with Crippen molar-refractivity contribution in [2.24, 2.45) is 10.9 Å². The monoisotopic (exact) mass is 512 g/mol. The minimum Gasteiger partial charge on any atom is -0.466 e. The maximum Gasteiger partial charge on any atom is 0.309 e. The first-order valence-corrected chi connectivity index (χ1v) is 9.85. The van der Waals surface area contributed by atoms with E-state index in [0.717, 1.165) is 55.4 Å². The largest absolute Gasteiger partial charge is 0.466 e. The number of esters is 1. The van der Waals surface area contributed by atoms with Gasteiger partial charge in [-0.15, -0.1) is 24.0 Å². The molecule has 2 aromatic rings. The predicted octanol–water partition coefficient (Wildman–Crippen LogP) is 2.83. The van der Waals surface area contributed by atoms with Gasteiger partial charge in [-0.05, 0) is 38.3 Å². The number of benzene rings is 1. The fraction of sp³-hybridized carbons (Fsp3) is 0.500. The van der Waals surface area contributed by atoms with E-state index in [-0.39, 0.29) is 35.9 Å². The number of guanidine groups is 1. The molecule has 8 nitrogen and oxygen atoms in total. The van der Waals surface area contributed by atoms with E-state index in [4.69, 9.17) is 9.73 Å². The second kappa shape index (κ2) is 11.7. The van der Waals surface area contributed by atoms with E-state index < -0.39 is 0 Å². The van der Waals surface area contributed by atoms with Gasteiger partial charge >= 0.3 is 5.97 Å². The smallest absolute Gasteiger partial charge is 0.309 e. The number of halogens is 1. The summed E-state index contributed by atoms with van der Waals surface area (Å²) in [7, 11) is 0. The van der Waals surface area contributed by atoms with Gasteiger partial charge in [0.1, 0.15) is 6.33 Å². The van der Waals surface area contributed by atoms with E-state index in [2.05, 4.69) is 44.5 Å². The Balaban J connectivity index is 0.00000300. The Kier molecular flexibility index (Phi) is 9.36. The average molecular weight is 512 g/mol. The van der Waals surface area contributed by atoms with Gasteiger partial charge in [0.05, 0.1) is 19.1 Å². The van der Waals surface area contributed by atoms with Crippen LogP contribution in [0.25, 0.3) is 11.4 Å². The van der Waals surface area contributed by atoms with Gasteiger partial charge in [0.25, 0.3) is 0 Å². The van der Waals surface area contributed by atoms with Crippen LogP contribution in [0.2, 0.25) is 0 Å². The molecule has 0 aliphatic carbocycles. The first-order chi connectivity index (χ1) is 13.7. The fourth-order valence-electron chi connectivity index (χ4n) is 3.34. The lowest BCUT2D eigenvalue weighted by molar-refractivity contribution is -0.149. The number of carbonyl (C=O) groups excluding carboxylic acids is 1. The van der Waals surface area contributed by atoms with Gasteiger partial charge in [0, 0.05) is 25.2 Å². The first-order valence-electron chi connectivity index (χ1n) is 9.85. The lowest BCUT2D eigenvalue weighted by Crippen LogP contribution is -2.46. The van der Waals surface area contributed by atoms with E-state index in [1.165, 1.54) is 6.33 Å². The summed E-state index contributed by atoms with van der Waals surface area (Å²) < 4.78 is 5.16. The van der Waals surface area contributed by atoms with Crippen LogP contribution in [0.1, 0.15) is 32.3 Å². The molecule has 0 unspecified atom stereocenters. The number of hydrogen-bond acceptors (Lipinski definition) is 5. The summed E-state index contributed by atoms with van der Waals surface area (Å²) in [4.78, 5) is 23.2. The summed E-state index contributed by atoms with van der Waals surface area (Å²) in [5, 5.41) is 10.2. The van der Waals surface area contributed by atoms with Gasteiger partial charge in [0.15, 0.2) is 11.8 Å². The van der Waals surface area contributed by atoms with Gasteiger partial charge in [-0.1, -0.05) is 18.2 Å². The van der Waals surface area contributed by atoms with Gasteiger partial charge in [-0.3, -0.25) is 9.89 Å². The molecule has 158 valence electrons. The third kappa shape index (κ3) is 6.41. The van der Waals surface area contributed by atoms with Crippen LogP contribution in [-0.4, -0.2) is 58.3 Å². The lowest BCUT2D eigenvalue weighted by Gasteiger charge is -2.33. The van der Waals surface area contributed by atoms with Crippen molar-refractivity contribution < 1.29 is 9.53 Å². The van der Waals surface area contributed by atoms with Crippen molar-refractivity contribution in [3.8, 4) is 11.4 Å². The van der Waals surface area contributed by atoms with Crippen LogP contribution in [0.15, 0.2) is 35.6 Å². The Labute approximate surface area is 188 Å². The lowest BCUT2D eigenvalue weighted by atomic mass is 9.97. The number of aromatic amines is 1. The molecular weight excluding hydrogens is 483 g/mol. The van der Waals surface area contributed by atoms with E-state index in [0.29, 0.717) is 13.2 Å². The maximum atomic E-state index is 11.9. The summed E-state index contributed by atoms with van der Waals surface area (Å²) >= 11 is 0. The summed E-state index contributed by atoms with van der Waals surface area (Å²) in [5.41, 5.74) is 2.09. The highest BCUT2D eigenvalue weighted by Gasteiger charge is 2.27. The van der Waals surface area contributed by atoms with Crippen LogP contribution in [-0.2, 0) is 16.1 Å². The van der Waals surface area contributed by atoms with Crippen molar-refractivity contribution >= 4 is 35.9 Å². The fourth-order valence-corrected chi connectivity index (χ4v) is 3.34. The molecular formula is C20H29IN6O2. The number of piperidine rings is 1. The molecule has 0 saturated carbocycles. The Hall–Kier alpha value is -2.17. The number of likely N-dealkylation sites (tertiary alicyclic amines) is 1. The van der Waals surface area contributed by atoms with Gasteiger partial charge < -0.3 is 15.0 Å². The van der Waals surface area contributed by atoms with E-state index >= 15 is 0 Å². The summed E-state index contributed by atoms with van der Waals surface area (Å²) in [6.45, 7) is 7.32. The zero-order valence-corrected chi connectivity index (χ0v) is 19.3. The number of ether oxygens (including phenoxy) is 1. The normalized spacial score (nSPS) is 15.0. The molecule has 29 heavy (non-hydrogen) atoms. The van der Waals surface area contributed by atoms with Crippen molar-refractivity contribution in [1.29, 1.82) is 0 Å². The second-order valence-electron chi connectivity index (χ2n) is 6.72. The van der Waals surface area contributed by atoms with Crippen LogP contribution in [0.4, 0.5) is 0 Å². The molecule has 3 rings (SSSR count). The summed E-state index contributed by atoms with van der Waals surface area (Å²) in [5.74, 6) is 1.56. The van der Waals surface area contributed by atoms with Crippen molar-refractivity contribution in [2.75, 3.05) is 26.2 Å². The first kappa shape index (κ1) is 23.1. The Bertz CT molecular complexity index is 788. The molecule has 1 aromatic heterocycles. The van der Waals surface area contributed by atoms with Gasteiger partial charge in [-0.2, -0.15) is 5.10 Å². The standard InChI is InChI=1S/C20H28N6O2.HI/c1-3-21-20(26-10-8-16(9-11-26)19(27)28-4-2)22-13-15-6-5-7-17(12-15)18-23-14-24-25-18;/h5-7,12,14,16H,3-4,8-11,13H2,1-2H3,(H,21,22)(H,23,24,25);1H. The number of rotatable bonds is 6. The number of nitrogens with zero attached hydrogens (tertiary/aromatic N) is 4. The number of H-pyrrole nitrogens is 1. The molecule has 0 spiro atoms. The molecule has 1 aliphatic heterocycles. The Morgan fingerprint density at radius 3 is 2.79 bits per heavy atom. The quantitative estimate of drug-likeness (QED) is 0.268. The Morgan fingerprint density at radius 2 is 2.14 bits per heavy atom. The van der Waals surface area contributed by atoms with Gasteiger partial charge in [0.2, 0.25) is 0 Å². The number of aromatic nitrogens is 3. The van der Waals surface area contributed by atoms with Crippen molar-refractivity contribution in [1.82, 2.24) is 25.4 Å². The number of aliphatic imine (C=N–C) groups is 1. The molecule has 0 amide bonds. The minimum atomic E-state index is -0.0756. The predicted molar refractivity (Wildman–Crippen MR) is 123 cm³/mol. The molecule has 2 heterocycles. The zero-order chi connectivity index (χ0) is 19.8. The van der Waals surface area contributed by atoms with Crippen molar-refractivity contribution in [2.45, 2.75) is 33.2 Å². The van der Waals surface area contributed by atoms with Crippen LogP contribution >= 0.6 is 24.0 Å². The average Bonchev–Trinajstić information content (AvgIpc) is 3.27. The molecule has 0 atom stereocenters. The molecule has 9 heteroatoms. The molecule has 2 N–H and O–H groups in total. The SMILES string of the molecule is CCNC(=NCc1cccc(-c2ncn[nH]2)c1)N1CCC(C(=O)OCC)CC1.I. The number of hydrogen-bond donors (Lipinski definition) is 2. The molecule has 1 fully saturated rings. The topological polar surface area (TPSA) is 95.5 Å². The number of nitrogens with one attached hydrogen (secondary N) is 2. The van der Waals surface area contributed by atoms with E-state index in [9.17, 15) is 4.79 Å². The molecule has 1 aliphatic rings. The summed E-state index contributed by atoms with van der Waals surface area (Å²) in [6.07, 6.45) is 3.10. The van der Waals surface area contributed by atoms with Gasteiger partial charge in [-0.25, -0.2) is 9.98 Å². The highest BCUT2D eigenvalue weighted by atomic mass is 127. The van der Waals surface area contributed by atoms with E-state index in [1.54, 1.807) is 0 Å². The zero-order valence-electron chi connectivity index (χ0n) is 16.9. The van der Waals surface area contributed by atoms with Crippen LogP contribution in [0.5, 0.6) is 0 Å². The van der Waals surface area contributed by atoms with Crippen LogP contribution in [0.3, 0.4) is 0 Å². The number of carbonyl (C=O) groups is 1. The second-order valence-corrected chi connectivity index (χ2v) is 6.72. The minimum absolute atomic E-state index is 0.